The van der Waals surface area contributed by atoms with Gasteiger partial charge in [-0.3, -0.25) is 9.69 Å². The number of anilines is 2. The molecule has 0 spiro atoms. The quantitative estimate of drug-likeness (QED) is 0.878. The van der Waals surface area contributed by atoms with Crippen LogP contribution < -0.4 is 10.2 Å². The van der Waals surface area contributed by atoms with Gasteiger partial charge in [-0.05, 0) is 37.6 Å². The summed E-state index contributed by atoms with van der Waals surface area (Å²) in [5.74, 6) is -2.21. The normalized spacial score (nSPS) is 16.1. The molecule has 2 aromatic carbocycles. The number of nitrogens with one attached hydrogen (secondary N) is 1. The summed E-state index contributed by atoms with van der Waals surface area (Å²) in [6.45, 7) is 4.69. The lowest BCUT2D eigenvalue weighted by Gasteiger charge is -2.27. The van der Waals surface area contributed by atoms with E-state index in [9.17, 15) is 18.8 Å². The smallest absolute Gasteiger partial charge is 0.241 e. The van der Waals surface area contributed by atoms with E-state index in [2.05, 4.69) is 21.2 Å². The highest BCUT2D eigenvalue weighted by Gasteiger charge is 2.25. The Hall–Kier alpha value is -2.98. The van der Waals surface area contributed by atoms with Gasteiger partial charge in [0.25, 0.3) is 0 Å². The molecule has 1 aliphatic heterocycles. The van der Waals surface area contributed by atoms with Gasteiger partial charge in [0.15, 0.2) is 11.6 Å². The molecule has 1 saturated heterocycles. The molecule has 0 saturated carbocycles. The van der Waals surface area contributed by atoms with Crippen molar-refractivity contribution in [3.63, 3.8) is 0 Å². The Bertz CT molecular complexity index is 896. The Kier molecular flexibility index (Phi) is 6.22. The molecule has 2 aromatic rings. The number of hydrogen-bond acceptors (Lipinski definition) is 4. The van der Waals surface area contributed by atoms with Crippen LogP contribution in [0.25, 0.3) is 0 Å². The number of para-hydroxylation sites is 1. The lowest BCUT2D eigenvalue weighted by Crippen LogP contribution is -2.44. The van der Waals surface area contributed by atoms with Crippen LogP contribution in [-0.2, 0) is 4.79 Å². The number of hydrogen-bond donors (Lipinski definition) is 1. The van der Waals surface area contributed by atoms with Crippen molar-refractivity contribution in [3.8, 4) is 6.07 Å². The molecule has 3 rings (SSSR count). The molecule has 1 atom stereocenters. The molecule has 28 heavy (non-hydrogen) atoms. The summed E-state index contributed by atoms with van der Waals surface area (Å²) in [5.41, 5.74) is 1.78. The van der Waals surface area contributed by atoms with Gasteiger partial charge in [-0.15, -0.1) is 0 Å². The largest absolute Gasteiger partial charge is 0.369 e. The van der Waals surface area contributed by atoms with Crippen molar-refractivity contribution in [2.24, 2.45) is 0 Å². The fourth-order valence-corrected chi connectivity index (χ4v) is 3.40. The fraction of sp³-hybridized carbons (Fsp3) is 0.333. The van der Waals surface area contributed by atoms with Gasteiger partial charge in [0.1, 0.15) is 6.07 Å². The highest BCUT2D eigenvalue weighted by molar-refractivity contribution is 5.94. The molecule has 7 heteroatoms. The van der Waals surface area contributed by atoms with Gasteiger partial charge in [0.05, 0.1) is 17.3 Å². The Morgan fingerprint density at radius 2 is 1.89 bits per heavy atom. The molecular weight excluding hydrogens is 362 g/mol. The zero-order chi connectivity index (χ0) is 20.1. The van der Waals surface area contributed by atoms with Crippen molar-refractivity contribution in [2.45, 2.75) is 19.4 Å². The maximum atomic E-state index is 13.3. The van der Waals surface area contributed by atoms with Crippen molar-refractivity contribution >= 4 is 17.3 Å². The molecule has 0 bridgehead atoms. The van der Waals surface area contributed by atoms with Gasteiger partial charge in [-0.1, -0.05) is 12.1 Å². The standard InChI is InChI=1S/C21H22F2N4O/c1-15(21(28)25-17-7-8-18(22)19(23)13-17)26-9-4-10-27(12-11-26)20-6-3-2-5-16(20)14-24/h2-3,5-8,13,15H,4,9-12H2,1H3,(H,25,28). The number of rotatable bonds is 4. The molecule has 0 aliphatic carbocycles. The van der Waals surface area contributed by atoms with Gasteiger partial charge in [-0.2, -0.15) is 5.26 Å². The van der Waals surface area contributed by atoms with Crippen molar-refractivity contribution in [1.82, 2.24) is 4.90 Å². The summed E-state index contributed by atoms with van der Waals surface area (Å²) >= 11 is 0. The van der Waals surface area contributed by atoms with Crippen molar-refractivity contribution < 1.29 is 13.6 Å². The maximum Gasteiger partial charge on any atom is 0.241 e. The van der Waals surface area contributed by atoms with Gasteiger partial charge < -0.3 is 10.2 Å². The molecule has 1 N–H and O–H groups in total. The first kappa shape index (κ1) is 19.8. The van der Waals surface area contributed by atoms with E-state index in [1.54, 1.807) is 13.0 Å². The second-order valence-corrected chi connectivity index (χ2v) is 6.80. The SMILES string of the molecule is CC(C(=O)Nc1ccc(F)c(F)c1)N1CCCN(c2ccccc2C#N)CC1. The van der Waals surface area contributed by atoms with Crippen molar-refractivity contribution in [3.05, 3.63) is 59.7 Å². The van der Waals surface area contributed by atoms with Crippen LogP contribution in [0.4, 0.5) is 20.2 Å². The summed E-state index contributed by atoms with van der Waals surface area (Å²) in [7, 11) is 0. The Balaban J connectivity index is 1.63. The Morgan fingerprint density at radius 1 is 1.11 bits per heavy atom. The van der Waals surface area contributed by atoms with Crippen LogP contribution in [0, 0.1) is 23.0 Å². The Morgan fingerprint density at radius 3 is 2.64 bits per heavy atom. The third kappa shape index (κ3) is 4.46. The number of carbonyl (C=O) groups excluding carboxylic acids is 1. The monoisotopic (exact) mass is 384 g/mol. The molecular formula is C21H22F2N4O. The minimum Gasteiger partial charge on any atom is -0.369 e. The summed E-state index contributed by atoms with van der Waals surface area (Å²) in [4.78, 5) is 16.8. The zero-order valence-electron chi connectivity index (χ0n) is 15.7. The number of halogens is 2. The highest BCUT2D eigenvalue weighted by atomic mass is 19.2. The van der Waals surface area contributed by atoms with E-state index in [1.807, 2.05) is 18.2 Å². The fourth-order valence-electron chi connectivity index (χ4n) is 3.40. The van der Waals surface area contributed by atoms with Crippen LogP contribution in [0.3, 0.4) is 0 Å². The third-order valence-electron chi connectivity index (χ3n) is 5.01. The topological polar surface area (TPSA) is 59.4 Å². The summed E-state index contributed by atoms with van der Waals surface area (Å²) < 4.78 is 26.4. The molecule has 1 amide bonds. The number of benzene rings is 2. The van der Waals surface area contributed by atoms with Crippen molar-refractivity contribution in [1.29, 1.82) is 5.26 Å². The van der Waals surface area contributed by atoms with Gasteiger partial charge in [-0.25, -0.2) is 8.78 Å². The van der Waals surface area contributed by atoms with E-state index >= 15 is 0 Å². The third-order valence-corrected chi connectivity index (χ3v) is 5.01. The lowest BCUT2D eigenvalue weighted by molar-refractivity contribution is -0.120. The summed E-state index contributed by atoms with van der Waals surface area (Å²) in [6, 6.07) is 12.6. The van der Waals surface area contributed by atoms with E-state index in [1.165, 1.54) is 6.07 Å². The van der Waals surface area contributed by atoms with Gasteiger partial charge in [0.2, 0.25) is 5.91 Å². The minimum absolute atomic E-state index is 0.232. The molecule has 1 aliphatic rings. The average molecular weight is 384 g/mol. The molecule has 1 unspecified atom stereocenters. The van der Waals surface area contributed by atoms with Crippen LogP contribution >= 0.6 is 0 Å². The molecule has 1 fully saturated rings. The molecule has 1 heterocycles. The number of amides is 1. The first-order valence-corrected chi connectivity index (χ1v) is 9.23. The van der Waals surface area contributed by atoms with E-state index in [0.29, 0.717) is 18.7 Å². The number of nitriles is 1. The number of carbonyl (C=O) groups is 1. The van der Waals surface area contributed by atoms with E-state index in [0.717, 1.165) is 37.3 Å². The minimum atomic E-state index is -0.993. The van der Waals surface area contributed by atoms with Crippen LogP contribution in [0.2, 0.25) is 0 Å². The predicted octanol–water partition coefficient (Wildman–Crippen LogP) is 3.38. The second kappa shape index (κ2) is 8.81. The molecule has 146 valence electrons. The summed E-state index contributed by atoms with van der Waals surface area (Å²) in [6.07, 6.45) is 0.850. The second-order valence-electron chi connectivity index (χ2n) is 6.80. The maximum absolute atomic E-state index is 13.3. The van der Waals surface area contributed by atoms with E-state index < -0.39 is 17.7 Å². The van der Waals surface area contributed by atoms with Crippen LogP contribution in [0.5, 0.6) is 0 Å². The molecule has 5 nitrogen and oxygen atoms in total. The average Bonchev–Trinajstić information content (AvgIpc) is 2.96. The first-order valence-electron chi connectivity index (χ1n) is 9.23. The lowest BCUT2D eigenvalue weighted by atomic mass is 10.1. The zero-order valence-corrected chi connectivity index (χ0v) is 15.7. The van der Waals surface area contributed by atoms with Gasteiger partial charge in [0, 0.05) is 37.9 Å². The van der Waals surface area contributed by atoms with E-state index in [4.69, 9.17) is 0 Å². The first-order chi connectivity index (χ1) is 13.5. The van der Waals surface area contributed by atoms with Gasteiger partial charge >= 0.3 is 0 Å². The van der Waals surface area contributed by atoms with E-state index in [-0.39, 0.29) is 11.6 Å². The van der Waals surface area contributed by atoms with Crippen LogP contribution in [0.15, 0.2) is 42.5 Å². The predicted molar refractivity (Wildman–Crippen MR) is 104 cm³/mol. The Labute approximate surface area is 163 Å². The van der Waals surface area contributed by atoms with Crippen LogP contribution in [0.1, 0.15) is 18.9 Å². The van der Waals surface area contributed by atoms with Crippen LogP contribution in [-0.4, -0.2) is 43.0 Å². The van der Waals surface area contributed by atoms with Crippen molar-refractivity contribution in [2.75, 3.05) is 36.4 Å². The molecule has 0 aromatic heterocycles. The highest BCUT2D eigenvalue weighted by Crippen LogP contribution is 2.22. The molecule has 0 radical (unpaired) electrons. The number of nitrogens with zero attached hydrogens (tertiary/aromatic N) is 3. The summed E-state index contributed by atoms with van der Waals surface area (Å²) in [5, 5.41) is 12.0.